The van der Waals surface area contributed by atoms with Crippen LogP contribution in [0.3, 0.4) is 0 Å². The highest BCUT2D eigenvalue weighted by atomic mass is 19.1. The minimum Gasteiger partial charge on any atom is -0.398 e. The van der Waals surface area contributed by atoms with E-state index in [1.165, 1.54) is 6.21 Å². The van der Waals surface area contributed by atoms with Gasteiger partial charge in [0.1, 0.15) is 5.82 Å². The Morgan fingerprint density at radius 2 is 2.17 bits per heavy atom. The van der Waals surface area contributed by atoms with Crippen LogP contribution in [0.1, 0.15) is 11.1 Å². The van der Waals surface area contributed by atoms with E-state index in [4.69, 9.17) is 5.73 Å². The van der Waals surface area contributed by atoms with E-state index in [1.807, 2.05) is 0 Å². The van der Waals surface area contributed by atoms with Crippen molar-refractivity contribution in [1.29, 1.82) is 0 Å². The molecule has 1 aromatic carbocycles. The van der Waals surface area contributed by atoms with Crippen LogP contribution in [0.2, 0.25) is 0 Å². The molecule has 2 nitrogen and oxygen atoms in total. The van der Waals surface area contributed by atoms with Crippen molar-refractivity contribution < 1.29 is 4.39 Å². The molecule has 0 fully saturated rings. The first-order valence-corrected chi connectivity index (χ1v) is 3.63. The quantitative estimate of drug-likeness (QED) is 0.501. The molecule has 64 valence electrons. The second kappa shape index (κ2) is 3.34. The zero-order valence-corrected chi connectivity index (χ0v) is 7.13. The number of hydrogen-bond acceptors (Lipinski definition) is 2. The van der Waals surface area contributed by atoms with Gasteiger partial charge in [-0.15, -0.1) is 0 Å². The van der Waals surface area contributed by atoms with Crippen molar-refractivity contribution in [3.8, 4) is 0 Å². The zero-order chi connectivity index (χ0) is 9.14. The van der Waals surface area contributed by atoms with Gasteiger partial charge in [0.25, 0.3) is 0 Å². The van der Waals surface area contributed by atoms with Gasteiger partial charge in [0.2, 0.25) is 0 Å². The van der Waals surface area contributed by atoms with Crippen molar-refractivity contribution in [3.63, 3.8) is 0 Å². The highest BCUT2D eigenvalue weighted by Gasteiger charge is 2.05. The Kier molecular flexibility index (Phi) is 2.43. The molecule has 1 rings (SSSR count). The fourth-order valence-electron chi connectivity index (χ4n) is 0.977. The second-order valence-corrected chi connectivity index (χ2v) is 2.59. The third-order valence-corrected chi connectivity index (χ3v) is 1.66. The first-order valence-electron chi connectivity index (χ1n) is 3.63. The van der Waals surface area contributed by atoms with Gasteiger partial charge >= 0.3 is 0 Å². The van der Waals surface area contributed by atoms with Gasteiger partial charge in [0.05, 0.1) is 5.56 Å². The average molecular weight is 166 g/mol. The molecule has 0 unspecified atom stereocenters. The first-order chi connectivity index (χ1) is 5.66. The predicted octanol–water partition coefficient (Wildman–Crippen LogP) is 1.77. The number of hydrogen-bond donors (Lipinski definition) is 1. The number of anilines is 1. The Labute approximate surface area is 70.9 Å². The summed E-state index contributed by atoms with van der Waals surface area (Å²) in [5.74, 6) is -0.291. The van der Waals surface area contributed by atoms with Gasteiger partial charge in [-0.3, -0.25) is 4.99 Å². The van der Waals surface area contributed by atoms with Gasteiger partial charge in [-0.2, -0.15) is 0 Å². The van der Waals surface area contributed by atoms with E-state index < -0.39 is 0 Å². The molecule has 0 saturated heterocycles. The van der Waals surface area contributed by atoms with Crippen LogP contribution in [-0.4, -0.2) is 13.3 Å². The summed E-state index contributed by atoms with van der Waals surface area (Å²) >= 11 is 0. The summed E-state index contributed by atoms with van der Waals surface area (Å²) in [5, 5.41) is 0. The van der Waals surface area contributed by atoms with Gasteiger partial charge in [0.15, 0.2) is 0 Å². The van der Waals surface area contributed by atoms with E-state index in [-0.39, 0.29) is 5.82 Å². The Hall–Kier alpha value is -1.38. The van der Waals surface area contributed by atoms with E-state index >= 15 is 0 Å². The number of nitrogens with zero attached hydrogens (tertiary/aromatic N) is 1. The van der Waals surface area contributed by atoms with Crippen molar-refractivity contribution in [2.24, 2.45) is 4.99 Å². The molecule has 0 bridgehead atoms. The summed E-state index contributed by atoms with van der Waals surface area (Å²) < 4.78 is 13.3. The minimum absolute atomic E-state index is 0.291. The van der Waals surface area contributed by atoms with Crippen LogP contribution in [0.4, 0.5) is 10.1 Å². The molecular weight excluding hydrogens is 155 g/mol. The fourth-order valence-corrected chi connectivity index (χ4v) is 0.977. The lowest BCUT2D eigenvalue weighted by Gasteiger charge is -2.03. The SMILES string of the molecule is CN=Cc1c(N)ccc(C)c1F. The molecule has 0 aromatic heterocycles. The van der Waals surface area contributed by atoms with Crippen molar-refractivity contribution in [3.05, 3.63) is 29.1 Å². The summed E-state index contributed by atoms with van der Waals surface area (Å²) in [6.45, 7) is 1.70. The molecule has 0 aliphatic carbocycles. The van der Waals surface area contributed by atoms with E-state index in [1.54, 1.807) is 26.1 Å². The van der Waals surface area contributed by atoms with Gasteiger partial charge < -0.3 is 5.73 Å². The second-order valence-electron chi connectivity index (χ2n) is 2.59. The number of rotatable bonds is 1. The summed E-state index contributed by atoms with van der Waals surface area (Å²) in [6.07, 6.45) is 1.43. The lowest BCUT2D eigenvalue weighted by Crippen LogP contribution is -1.98. The van der Waals surface area contributed by atoms with E-state index in [2.05, 4.69) is 4.99 Å². The molecule has 0 amide bonds. The number of nitrogen functional groups attached to an aromatic ring is 1. The number of aryl methyl sites for hydroxylation is 1. The molecule has 2 N–H and O–H groups in total. The number of halogens is 1. The molecule has 12 heavy (non-hydrogen) atoms. The van der Waals surface area contributed by atoms with Crippen molar-refractivity contribution in [1.82, 2.24) is 0 Å². The van der Waals surface area contributed by atoms with Crippen molar-refractivity contribution in [2.45, 2.75) is 6.92 Å². The molecule has 0 heterocycles. The maximum Gasteiger partial charge on any atom is 0.136 e. The van der Waals surface area contributed by atoms with Crippen molar-refractivity contribution >= 4 is 11.9 Å². The Balaban J connectivity index is 3.32. The molecule has 0 radical (unpaired) electrons. The van der Waals surface area contributed by atoms with Crippen LogP contribution >= 0.6 is 0 Å². The first kappa shape index (κ1) is 8.71. The van der Waals surface area contributed by atoms with E-state index in [0.29, 0.717) is 16.8 Å². The molecule has 1 aromatic rings. The smallest absolute Gasteiger partial charge is 0.136 e. The minimum atomic E-state index is -0.291. The Morgan fingerprint density at radius 3 is 2.75 bits per heavy atom. The van der Waals surface area contributed by atoms with Gasteiger partial charge in [0, 0.05) is 18.9 Å². The molecule has 0 aliphatic rings. The third kappa shape index (κ3) is 1.44. The molecule has 3 heteroatoms. The van der Waals surface area contributed by atoms with Gasteiger partial charge in [-0.1, -0.05) is 6.07 Å². The zero-order valence-electron chi connectivity index (χ0n) is 7.13. The fraction of sp³-hybridized carbons (Fsp3) is 0.222. The monoisotopic (exact) mass is 166 g/mol. The Morgan fingerprint density at radius 1 is 1.50 bits per heavy atom. The summed E-state index contributed by atoms with van der Waals surface area (Å²) in [5.41, 5.74) is 6.92. The van der Waals surface area contributed by atoms with Crippen LogP contribution < -0.4 is 5.73 Å². The molecule has 0 aliphatic heterocycles. The predicted molar refractivity (Wildman–Crippen MR) is 49.1 cm³/mol. The van der Waals surface area contributed by atoms with Crippen LogP contribution in [0.15, 0.2) is 17.1 Å². The largest absolute Gasteiger partial charge is 0.398 e. The molecule has 0 saturated carbocycles. The van der Waals surface area contributed by atoms with Crippen LogP contribution in [0, 0.1) is 12.7 Å². The highest BCUT2D eigenvalue weighted by Crippen LogP contribution is 2.16. The summed E-state index contributed by atoms with van der Waals surface area (Å²) in [6, 6.07) is 3.33. The van der Waals surface area contributed by atoms with Crippen molar-refractivity contribution in [2.75, 3.05) is 12.8 Å². The van der Waals surface area contributed by atoms with Gasteiger partial charge in [-0.05, 0) is 18.6 Å². The summed E-state index contributed by atoms with van der Waals surface area (Å²) in [4.78, 5) is 3.72. The molecule has 0 atom stereocenters. The van der Waals surface area contributed by atoms with Crippen LogP contribution in [-0.2, 0) is 0 Å². The molecular formula is C9H11FN2. The lowest BCUT2D eigenvalue weighted by atomic mass is 10.1. The standard InChI is InChI=1S/C9H11FN2/c1-6-3-4-8(11)7(5-12-2)9(6)10/h3-5H,11H2,1-2H3. The number of benzene rings is 1. The van der Waals surface area contributed by atoms with E-state index in [0.717, 1.165) is 0 Å². The lowest BCUT2D eigenvalue weighted by molar-refractivity contribution is 0.617. The van der Waals surface area contributed by atoms with E-state index in [9.17, 15) is 4.39 Å². The van der Waals surface area contributed by atoms with Gasteiger partial charge in [-0.25, -0.2) is 4.39 Å². The average Bonchev–Trinajstić information content (AvgIpc) is 2.06. The van der Waals surface area contributed by atoms with Crippen LogP contribution in [0.5, 0.6) is 0 Å². The molecule has 0 spiro atoms. The normalized spacial score (nSPS) is 10.9. The Bertz CT molecular complexity index is 319. The van der Waals surface area contributed by atoms with Crippen LogP contribution in [0.25, 0.3) is 0 Å². The third-order valence-electron chi connectivity index (χ3n) is 1.66. The topological polar surface area (TPSA) is 38.4 Å². The number of nitrogens with two attached hydrogens (primary N) is 1. The maximum absolute atomic E-state index is 13.3. The number of aliphatic imine (C=N–C) groups is 1. The maximum atomic E-state index is 13.3. The summed E-state index contributed by atoms with van der Waals surface area (Å²) in [7, 11) is 1.58. The highest BCUT2D eigenvalue weighted by molar-refractivity contribution is 5.87.